The van der Waals surface area contributed by atoms with Crippen LogP contribution in [0, 0.1) is 6.61 Å². The molecule has 1 rings (SSSR count). The summed E-state index contributed by atoms with van der Waals surface area (Å²) in [4.78, 5) is 0. The molecule has 1 aromatic rings. The van der Waals surface area contributed by atoms with E-state index in [-0.39, 0.29) is 0 Å². The standard InChI is InChI=1S/C10H13O/c1-2-11-9-8-10-6-4-3-5-7-10/h2-7H,8-9H2,1H3/q+1. The molecule has 0 amide bonds. The fourth-order valence-electron chi connectivity index (χ4n) is 0.939. The summed E-state index contributed by atoms with van der Waals surface area (Å²) < 4.78 is 5.11. The minimum absolute atomic E-state index is 0.778. The molecule has 1 nitrogen and oxygen atoms in total. The second kappa shape index (κ2) is 4.80. The smallest absolute Gasteiger partial charge is 0.197 e. The van der Waals surface area contributed by atoms with E-state index in [2.05, 4.69) is 12.1 Å². The quantitative estimate of drug-likeness (QED) is 0.472. The number of rotatable bonds is 4. The molecule has 0 spiro atoms. The van der Waals surface area contributed by atoms with E-state index in [4.69, 9.17) is 4.74 Å². The molecule has 0 fully saturated rings. The predicted molar refractivity (Wildman–Crippen MR) is 46.1 cm³/mol. The van der Waals surface area contributed by atoms with Crippen LogP contribution in [0.5, 0.6) is 0 Å². The van der Waals surface area contributed by atoms with Crippen LogP contribution in [0.15, 0.2) is 30.3 Å². The third-order valence-corrected chi connectivity index (χ3v) is 1.52. The van der Waals surface area contributed by atoms with Gasteiger partial charge in [-0.2, -0.15) is 4.74 Å². The Bertz CT molecular complexity index is 181. The van der Waals surface area contributed by atoms with Crippen molar-refractivity contribution < 1.29 is 4.74 Å². The third kappa shape index (κ3) is 3.10. The monoisotopic (exact) mass is 149 g/mol. The summed E-state index contributed by atoms with van der Waals surface area (Å²) in [5, 5.41) is 0. The lowest BCUT2D eigenvalue weighted by Crippen LogP contribution is -1.94. The summed E-state index contributed by atoms with van der Waals surface area (Å²) in [7, 11) is 0. The summed E-state index contributed by atoms with van der Waals surface area (Å²) >= 11 is 0. The fraction of sp³-hybridized carbons (Fsp3) is 0.300. The van der Waals surface area contributed by atoms with Crippen LogP contribution in [0.3, 0.4) is 0 Å². The molecule has 58 valence electrons. The zero-order chi connectivity index (χ0) is 7.94. The average Bonchev–Trinajstić information content (AvgIpc) is 2.07. The van der Waals surface area contributed by atoms with E-state index in [0.717, 1.165) is 13.0 Å². The van der Waals surface area contributed by atoms with Gasteiger partial charge in [0.15, 0.2) is 0 Å². The fourth-order valence-corrected chi connectivity index (χ4v) is 0.939. The maximum absolute atomic E-state index is 5.11. The van der Waals surface area contributed by atoms with Crippen LogP contribution in [-0.4, -0.2) is 6.61 Å². The Morgan fingerprint density at radius 3 is 2.64 bits per heavy atom. The van der Waals surface area contributed by atoms with Gasteiger partial charge in [-0.15, -0.1) is 0 Å². The van der Waals surface area contributed by atoms with Gasteiger partial charge in [0.2, 0.25) is 6.61 Å². The molecular formula is C10H13O+. The van der Waals surface area contributed by atoms with Crippen molar-refractivity contribution >= 4 is 0 Å². The van der Waals surface area contributed by atoms with Gasteiger partial charge in [0.25, 0.3) is 0 Å². The van der Waals surface area contributed by atoms with Crippen molar-refractivity contribution in [3.8, 4) is 0 Å². The zero-order valence-electron chi connectivity index (χ0n) is 6.79. The minimum Gasteiger partial charge on any atom is -0.197 e. The Labute approximate surface area is 68.0 Å². The average molecular weight is 149 g/mol. The van der Waals surface area contributed by atoms with E-state index in [0.29, 0.717) is 0 Å². The summed E-state index contributed by atoms with van der Waals surface area (Å²) in [6.07, 6.45) is 0.991. The lowest BCUT2D eigenvalue weighted by molar-refractivity contribution is 0.208. The summed E-state index contributed by atoms with van der Waals surface area (Å²) in [6.45, 7) is 4.40. The Hall–Kier alpha value is -0.950. The van der Waals surface area contributed by atoms with E-state index < -0.39 is 0 Å². The maximum atomic E-state index is 5.11. The lowest BCUT2D eigenvalue weighted by atomic mass is 10.2. The van der Waals surface area contributed by atoms with E-state index >= 15 is 0 Å². The predicted octanol–water partition coefficient (Wildman–Crippen LogP) is 2.43. The molecule has 0 saturated carbocycles. The molecule has 11 heavy (non-hydrogen) atoms. The second-order valence-electron chi connectivity index (χ2n) is 2.34. The maximum Gasteiger partial charge on any atom is 0.224 e. The number of hydrogen-bond acceptors (Lipinski definition) is 1. The SMILES string of the molecule is C[CH+]OCCc1ccccc1. The Morgan fingerprint density at radius 2 is 2.00 bits per heavy atom. The van der Waals surface area contributed by atoms with Crippen LogP contribution >= 0.6 is 0 Å². The van der Waals surface area contributed by atoms with Gasteiger partial charge < -0.3 is 0 Å². The van der Waals surface area contributed by atoms with E-state index in [9.17, 15) is 0 Å². The third-order valence-electron chi connectivity index (χ3n) is 1.52. The molecule has 0 aliphatic heterocycles. The highest BCUT2D eigenvalue weighted by Gasteiger charge is 1.93. The second-order valence-corrected chi connectivity index (χ2v) is 2.34. The molecular weight excluding hydrogens is 136 g/mol. The van der Waals surface area contributed by atoms with Crippen molar-refractivity contribution in [3.05, 3.63) is 42.5 Å². The van der Waals surface area contributed by atoms with Crippen LogP contribution in [0.4, 0.5) is 0 Å². The molecule has 0 N–H and O–H groups in total. The molecule has 0 heterocycles. The first-order valence-electron chi connectivity index (χ1n) is 3.87. The normalized spacial score (nSPS) is 9.55. The van der Waals surface area contributed by atoms with Gasteiger partial charge in [-0.05, 0) is 5.56 Å². The number of ether oxygens (including phenoxy) is 1. The lowest BCUT2D eigenvalue weighted by Gasteiger charge is -1.95. The highest BCUT2D eigenvalue weighted by Crippen LogP contribution is 1.99. The molecule has 0 radical (unpaired) electrons. The van der Waals surface area contributed by atoms with Crippen molar-refractivity contribution in [2.24, 2.45) is 0 Å². The van der Waals surface area contributed by atoms with Crippen molar-refractivity contribution in [2.45, 2.75) is 13.3 Å². The Balaban J connectivity index is 2.28. The van der Waals surface area contributed by atoms with E-state index in [1.54, 1.807) is 6.61 Å². The summed E-state index contributed by atoms with van der Waals surface area (Å²) in [6, 6.07) is 10.3. The van der Waals surface area contributed by atoms with Gasteiger partial charge in [-0.1, -0.05) is 30.3 Å². The van der Waals surface area contributed by atoms with Crippen LogP contribution in [-0.2, 0) is 11.2 Å². The van der Waals surface area contributed by atoms with Gasteiger partial charge in [-0.25, -0.2) is 0 Å². The van der Waals surface area contributed by atoms with Crippen LogP contribution in [0.1, 0.15) is 12.5 Å². The summed E-state index contributed by atoms with van der Waals surface area (Å²) in [5.74, 6) is 0. The van der Waals surface area contributed by atoms with Crippen LogP contribution in [0.2, 0.25) is 0 Å². The van der Waals surface area contributed by atoms with Gasteiger partial charge >= 0.3 is 0 Å². The highest BCUT2D eigenvalue weighted by atomic mass is 16.5. The number of hydrogen-bond donors (Lipinski definition) is 0. The highest BCUT2D eigenvalue weighted by molar-refractivity contribution is 5.14. The van der Waals surface area contributed by atoms with Crippen molar-refractivity contribution in [1.29, 1.82) is 0 Å². The molecule has 0 atom stereocenters. The molecule has 0 aromatic heterocycles. The Kier molecular flexibility index (Phi) is 3.56. The van der Waals surface area contributed by atoms with Crippen molar-refractivity contribution in [1.82, 2.24) is 0 Å². The minimum atomic E-state index is 0.778. The first-order valence-corrected chi connectivity index (χ1v) is 3.87. The van der Waals surface area contributed by atoms with Gasteiger partial charge in [0.1, 0.15) is 13.5 Å². The van der Waals surface area contributed by atoms with E-state index in [1.807, 2.05) is 25.1 Å². The van der Waals surface area contributed by atoms with Crippen molar-refractivity contribution in [2.75, 3.05) is 6.61 Å². The van der Waals surface area contributed by atoms with Gasteiger partial charge in [0, 0.05) is 6.42 Å². The largest absolute Gasteiger partial charge is 0.224 e. The van der Waals surface area contributed by atoms with Gasteiger partial charge in [0.05, 0.1) is 0 Å². The molecule has 0 aliphatic carbocycles. The topological polar surface area (TPSA) is 9.23 Å². The van der Waals surface area contributed by atoms with Gasteiger partial charge in [-0.3, -0.25) is 0 Å². The first-order chi connectivity index (χ1) is 5.43. The summed E-state index contributed by atoms with van der Waals surface area (Å²) in [5.41, 5.74) is 1.33. The molecule has 1 aromatic carbocycles. The number of benzene rings is 1. The molecule has 0 saturated heterocycles. The molecule has 0 aliphatic rings. The van der Waals surface area contributed by atoms with Crippen molar-refractivity contribution in [3.63, 3.8) is 0 Å². The Morgan fingerprint density at radius 1 is 1.27 bits per heavy atom. The van der Waals surface area contributed by atoms with Crippen LogP contribution in [0.25, 0.3) is 0 Å². The first kappa shape index (κ1) is 8.15. The molecule has 0 unspecified atom stereocenters. The van der Waals surface area contributed by atoms with E-state index in [1.165, 1.54) is 5.56 Å². The molecule has 0 bridgehead atoms. The molecule has 1 heteroatoms. The van der Waals surface area contributed by atoms with Crippen LogP contribution < -0.4 is 0 Å². The zero-order valence-corrected chi connectivity index (χ0v) is 6.79.